The first-order chi connectivity index (χ1) is 18.2. The summed E-state index contributed by atoms with van der Waals surface area (Å²) >= 11 is 0. The molecule has 1 aliphatic rings. The molecule has 0 aromatic heterocycles. The van der Waals surface area contributed by atoms with Gasteiger partial charge >= 0.3 is 0 Å². The Hall–Kier alpha value is -4.02. The summed E-state index contributed by atoms with van der Waals surface area (Å²) in [4.78, 5) is -1.94. The van der Waals surface area contributed by atoms with Gasteiger partial charge in [-0.2, -0.15) is 0 Å². The van der Waals surface area contributed by atoms with Crippen molar-refractivity contribution in [3.63, 3.8) is 0 Å². The number of rotatable bonds is 3. The van der Waals surface area contributed by atoms with Crippen LogP contribution in [0.1, 0.15) is 11.1 Å². The maximum Gasteiger partial charge on any atom is 0.268 e. The van der Waals surface area contributed by atoms with Crippen LogP contribution >= 0.6 is 0 Å². The molecule has 0 radical (unpaired) electrons. The van der Waals surface area contributed by atoms with E-state index in [0.717, 1.165) is 27.3 Å². The van der Waals surface area contributed by atoms with Crippen LogP contribution in [0.2, 0.25) is 0 Å². The van der Waals surface area contributed by atoms with Crippen molar-refractivity contribution in [3.8, 4) is 11.1 Å². The van der Waals surface area contributed by atoms with E-state index >= 15 is 0 Å². The molecule has 0 fully saturated rings. The highest BCUT2D eigenvalue weighted by Gasteiger charge is 2.34. The molecule has 0 spiro atoms. The molecular weight excluding hydrogens is 523 g/mol. The molecule has 1 aliphatic heterocycles. The molecule has 0 amide bonds. The molecule has 0 bridgehead atoms. The molecule has 5 aromatic carbocycles. The number of halogens is 5. The third-order valence-corrected chi connectivity index (χ3v) is 8.11. The van der Waals surface area contributed by atoms with Gasteiger partial charge in [-0.15, -0.1) is 0 Å². The lowest BCUT2D eigenvalue weighted by Gasteiger charge is -2.20. The van der Waals surface area contributed by atoms with Crippen molar-refractivity contribution in [2.24, 2.45) is 0 Å². The minimum Gasteiger partial charge on any atom is -0.308 e. The summed E-state index contributed by atoms with van der Waals surface area (Å²) < 4.78 is 98.7. The largest absolute Gasteiger partial charge is 0.308 e. The molecule has 6 rings (SSSR count). The number of anilines is 1. The summed E-state index contributed by atoms with van der Waals surface area (Å²) in [6.45, 7) is 0.616. The van der Waals surface area contributed by atoms with Gasteiger partial charge in [-0.25, -0.2) is 30.4 Å². The zero-order valence-corrected chi connectivity index (χ0v) is 20.2. The van der Waals surface area contributed by atoms with Crippen LogP contribution in [0.25, 0.3) is 32.7 Å². The first-order valence-electron chi connectivity index (χ1n) is 11.5. The van der Waals surface area contributed by atoms with Crippen LogP contribution < -0.4 is 10.0 Å². The second-order valence-electron chi connectivity index (χ2n) is 8.93. The van der Waals surface area contributed by atoms with E-state index in [2.05, 4.69) is 10.0 Å². The molecule has 0 aliphatic carbocycles. The molecule has 0 unspecified atom stereocenters. The van der Waals surface area contributed by atoms with Crippen LogP contribution in [0.3, 0.4) is 0 Å². The Morgan fingerprint density at radius 2 is 1.24 bits per heavy atom. The molecular formula is C28H17F5N2O2S. The van der Waals surface area contributed by atoms with E-state index in [1.807, 2.05) is 48.5 Å². The van der Waals surface area contributed by atoms with Gasteiger partial charge in [0.15, 0.2) is 28.2 Å². The van der Waals surface area contributed by atoms with E-state index in [0.29, 0.717) is 23.1 Å². The van der Waals surface area contributed by atoms with Crippen molar-refractivity contribution in [2.45, 2.75) is 18.0 Å². The van der Waals surface area contributed by atoms with Gasteiger partial charge in [0.25, 0.3) is 10.0 Å². The van der Waals surface area contributed by atoms with E-state index in [1.165, 1.54) is 6.07 Å². The van der Waals surface area contributed by atoms with E-state index in [9.17, 15) is 30.4 Å². The van der Waals surface area contributed by atoms with E-state index in [-0.39, 0.29) is 12.2 Å². The van der Waals surface area contributed by atoms with Crippen molar-refractivity contribution in [2.75, 3.05) is 4.72 Å². The molecule has 4 nitrogen and oxygen atoms in total. The highest BCUT2D eigenvalue weighted by molar-refractivity contribution is 7.92. The summed E-state index contributed by atoms with van der Waals surface area (Å²) in [6.07, 6.45) is 0. The summed E-state index contributed by atoms with van der Waals surface area (Å²) in [7, 11) is -5.24. The second kappa shape index (κ2) is 8.78. The standard InChI is InChI=1S/C28H17F5N2O2S/c29-23-24(30)26(32)28(27(33)25(23)31)38(36,37)35-20-11-15-6-2-4-8-18(15)22-19(20)13-34-12-16-10-9-14-5-1-3-7-17(14)21(16)22/h1-11,34-35H,12-13H2. The van der Waals surface area contributed by atoms with Crippen LogP contribution in [0.4, 0.5) is 27.6 Å². The lowest BCUT2D eigenvalue weighted by molar-refractivity contribution is 0.358. The zero-order chi connectivity index (χ0) is 26.8. The molecule has 38 heavy (non-hydrogen) atoms. The monoisotopic (exact) mass is 540 g/mol. The van der Waals surface area contributed by atoms with Gasteiger partial charge in [0.1, 0.15) is 0 Å². The fourth-order valence-corrected chi connectivity index (χ4v) is 6.27. The highest BCUT2D eigenvalue weighted by Crippen LogP contribution is 2.44. The topological polar surface area (TPSA) is 58.2 Å². The van der Waals surface area contributed by atoms with Crippen molar-refractivity contribution < 1.29 is 30.4 Å². The summed E-state index contributed by atoms with van der Waals surface area (Å²) in [5.41, 5.74) is 2.93. The molecule has 10 heteroatoms. The van der Waals surface area contributed by atoms with Gasteiger partial charge in [-0.3, -0.25) is 4.72 Å². The van der Waals surface area contributed by atoms with Gasteiger partial charge in [-0.05, 0) is 49.9 Å². The van der Waals surface area contributed by atoms with Gasteiger partial charge < -0.3 is 5.32 Å². The predicted molar refractivity (Wildman–Crippen MR) is 134 cm³/mol. The first-order valence-corrected chi connectivity index (χ1v) is 13.0. The van der Waals surface area contributed by atoms with Gasteiger partial charge in [0.2, 0.25) is 5.82 Å². The van der Waals surface area contributed by atoms with Crippen molar-refractivity contribution in [3.05, 3.63) is 107 Å². The maximum atomic E-state index is 14.5. The number of benzene rings is 5. The van der Waals surface area contributed by atoms with Crippen LogP contribution in [0.5, 0.6) is 0 Å². The fourth-order valence-electron chi connectivity index (χ4n) is 5.05. The van der Waals surface area contributed by atoms with Gasteiger partial charge in [-0.1, -0.05) is 60.7 Å². The Morgan fingerprint density at radius 1 is 0.658 bits per heavy atom. The highest BCUT2D eigenvalue weighted by atomic mass is 32.2. The molecule has 2 N–H and O–H groups in total. The van der Waals surface area contributed by atoms with Crippen LogP contribution in [0.15, 0.2) is 71.6 Å². The number of sulfonamides is 1. The minimum atomic E-state index is -5.24. The van der Waals surface area contributed by atoms with Gasteiger partial charge in [0, 0.05) is 13.1 Å². The number of nitrogens with one attached hydrogen (secondary N) is 2. The second-order valence-corrected chi connectivity index (χ2v) is 10.5. The maximum absolute atomic E-state index is 14.5. The number of hydrogen-bond donors (Lipinski definition) is 2. The fraction of sp³-hybridized carbons (Fsp3) is 0.0714. The summed E-state index contributed by atoms with van der Waals surface area (Å²) in [6, 6.07) is 20.3. The Kier molecular flexibility index (Phi) is 5.62. The average molecular weight is 541 g/mol. The third kappa shape index (κ3) is 3.63. The van der Waals surface area contributed by atoms with Crippen LogP contribution in [0, 0.1) is 29.1 Å². The van der Waals surface area contributed by atoms with E-state index in [4.69, 9.17) is 0 Å². The van der Waals surface area contributed by atoms with E-state index in [1.54, 1.807) is 12.1 Å². The molecule has 192 valence electrons. The summed E-state index contributed by atoms with van der Waals surface area (Å²) in [5, 5.41) is 6.54. The smallest absolute Gasteiger partial charge is 0.268 e. The Morgan fingerprint density at radius 3 is 1.92 bits per heavy atom. The van der Waals surface area contributed by atoms with Crippen molar-refractivity contribution in [1.29, 1.82) is 0 Å². The zero-order valence-electron chi connectivity index (χ0n) is 19.4. The molecule has 0 saturated carbocycles. The Balaban J connectivity index is 1.65. The molecule has 0 atom stereocenters. The van der Waals surface area contributed by atoms with E-state index < -0.39 is 44.0 Å². The molecule has 0 saturated heterocycles. The first kappa shape index (κ1) is 24.3. The number of hydrogen-bond acceptors (Lipinski definition) is 3. The predicted octanol–water partition coefficient (Wildman–Crippen LogP) is 6.76. The lowest BCUT2D eigenvalue weighted by atomic mass is 9.87. The van der Waals surface area contributed by atoms with Crippen LogP contribution in [-0.2, 0) is 23.1 Å². The normalized spacial score (nSPS) is 13.3. The lowest BCUT2D eigenvalue weighted by Crippen LogP contribution is -2.21. The summed E-state index contributed by atoms with van der Waals surface area (Å²) in [5.74, 6) is -12.0. The van der Waals surface area contributed by atoms with Gasteiger partial charge in [0.05, 0.1) is 5.69 Å². The Bertz CT molecular complexity index is 1880. The molecule has 1 heterocycles. The van der Waals surface area contributed by atoms with Crippen LogP contribution in [-0.4, -0.2) is 8.42 Å². The number of fused-ring (bicyclic) bond motifs is 7. The minimum absolute atomic E-state index is 0.0454. The Labute approximate surface area is 213 Å². The van der Waals surface area contributed by atoms with Crippen molar-refractivity contribution in [1.82, 2.24) is 5.32 Å². The third-order valence-electron chi connectivity index (χ3n) is 6.72. The average Bonchev–Trinajstić information content (AvgIpc) is 3.11. The SMILES string of the molecule is O=S(=O)(Nc1cc2ccccc2c2c1CNCc1ccc3ccccc3c1-2)c1c(F)c(F)c(F)c(F)c1F. The molecule has 5 aromatic rings. The van der Waals surface area contributed by atoms with Crippen molar-refractivity contribution >= 4 is 37.3 Å². The quantitative estimate of drug-likeness (QED) is 0.151.